The molecule has 0 heterocycles. The molecule has 0 aliphatic heterocycles. The third kappa shape index (κ3) is 7.59. The number of allylic oxidation sites excluding steroid dienone is 1. The van der Waals surface area contributed by atoms with Crippen molar-refractivity contribution in [3.8, 4) is 0 Å². The van der Waals surface area contributed by atoms with Crippen LogP contribution in [0.4, 0.5) is 0 Å². The highest BCUT2D eigenvalue weighted by molar-refractivity contribution is 5.93. The van der Waals surface area contributed by atoms with Crippen LogP contribution in [0.5, 0.6) is 0 Å². The summed E-state index contributed by atoms with van der Waals surface area (Å²) in [5.41, 5.74) is 5.05. The van der Waals surface area contributed by atoms with Crippen molar-refractivity contribution in [1.29, 1.82) is 0 Å². The number of hydrogen-bond donors (Lipinski definition) is 3. The van der Waals surface area contributed by atoms with E-state index in [-0.39, 0.29) is 11.1 Å². The number of rotatable bonds is 5. The number of carboxylic acids is 2. The fourth-order valence-corrected chi connectivity index (χ4v) is 1.20. The first-order valence-electron chi connectivity index (χ1n) is 5.96. The van der Waals surface area contributed by atoms with Crippen molar-refractivity contribution >= 4 is 11.9 Å². The lowest BCUT2D eigenvalue weighted by molar-refractivity contribution is 0.0696. The van der Waals surface area contributed by atoms with Gasteiger partial charge in [-0.05, 0) is 30.8 Å². The molecule has 0 unspecified atom stereocenters. The van der Waals surface area contributed by atoms with Crippen LogP contribution < -0.4 is 5.73 Å². The van der Waals surface area contributed by atoms with Gasteiger partial charge in [0.05, 0.1) is 11.1 Å². The average Bonchev–Trinajstić information content (AvgIpc) is 2.40. The van der Waals surface area contributed by atoms with Gasteiger partial charge in [0.15, 0.2) is 0 Å². The minimum atomic E-state index is -1.13. The van der Waals surface area contributed by atoms with Crippen molar-refractivity contribution in [1.82, 2.24) is 0 Å². The van der Waals surface area contributed by atoms with Gasteiger partial charge < -0.3 is 15.9 Å². The Balaban J connectivity index is 0.000000399. The highest BCUT2D eigenvalue weighted by atomic mass is 16.4. The second-order valence-corrected chi connectivity index (χ2v) is 3.76. The maximum absolute atomic E-state index is 10.4. The summed E-state index contributed by atoms with van der Waals surface area (Å²) in [5.74, 6) is -2.25. The predicted molar refractivity (Wildman–Crippen MR) is 73.2 cm³/mol. The zero-order valence-electron chi connectivity index (χ0n) is 10.9. The highest BCUT2D eigenvalue weighted by Gasteiger charge is 2.06. The molecular weight excluding hydrogens is 246 g/mol. The lowest BCUT2D eigenvalue weighted by Crippen LogP contribution is -2.01. The summed E-state index contributed by atoms with van der Waals surface area (Å²) in [7, 11) is 0. The van der Waals surface area contributed by atoms with Crippen LogP contribution >= 0.6 is 0 Å². The molecule has 5 heteroatoms. The van der Waals surface area contributed by atoms with Gasteiger partial charge in [0.25, 0.3) is 0 Å². The van der Waals surface area contributed by atoms with E-state index >= 15 is 0 Å². The Bertz CT molecular complexity index is 412. The summed E-state index contributed by atoms with van der Waals surface area (Å²) in [4.78, 5) is 20.8. The standard InChI is InChI=1S/C8H6O4.C6H13N/c9-7(10)5-2-1-3-6(4-5)8(11)12;1-2-3-4-5-6-7/h1-4H,(H,9,10)(H,11,12);5-6H,2-4,7H2,1H3. The maximum atomic E-state index is 10.4. The van der Waals surface area contributed by atoms with Crippen LogP contribution in [0.25, 0.3) is 0 Å². The molecule has 0 atom stereocenters. The molecular formula is C14H19NO4. The van der Waals surface area contributed by atoms with Gasteiger partial charge in [-0.25, -0.2) is 9.59 Å². The van der Waals surface area contributed by atoms with Crippen molar-refractivity contribution in [2.45, 2.75) is 26.2 Å². The van der Waals surface area contributed by atoms with E-state index in [0.29, 0.717) is 0 Å². The molecule has 0 saturated heterocycles. The summed E-state index contributed by atoms with van der Waals surface area (Å²) < 4.78 is 0. The van der Waals surface area contributed by atoms with Crippen LogP contribution in [-0.2, 0) is 0 Å². The summed E-state index contributed by atoms with van der Waals surface area (Å²) in [6.45, 7) is 2.17. The Hall–Kier alpha value is -2.30. The molecule has 4 N–H and O–H groups in total. The predicted octanol–water partition coefficient (Wildman–Crippen LogP) is 2.73. The molecule has 0 aliphatic rings. The van der Waals surface area contributed by atoms with E-state index < -0.39 is 11.9 Å². The van der Waals surface area contributed by atoms with E-state index in [4.69, 9.17) is 15.9 Å². The minimum absolute atomic E-state index is 0.0186. The maximum Gasteiger partial charge on any atom is 0.335 e. The van der Waals surface area contributed by atoms with Crippen molar-refractivity contribution in [2.24, 2.45) is 5.73 Å². The second-order valence-electron chi connectivity index (χ2n) is 3.76. The smallest absolute Gasteiger partial charge is 0.335 e. The lowest BCUT2D eigenvalue weighted by atomic mass is 10.1. The Labute approximate surface area is 112 Å². The molecule has 5 nitrogen and oxygen atoms in total. The number of carboxylic acid groups (broad SMARTS) is 2. The first kappa shape index (κ1) is 16.7. The number of unbranched alkanes of at least 4 members (excludes halogenated alkanes) is 2. The fraction of sp³-hybridized carbons (Fsp3) is 0.286. The largest absolute Gasteiger partial charge is 0.478 e. The van der Waals surface area contributed by atoms with Crippen molar-refractivity contribution in [3.05, 3.63) is 47.7 Å². The molecule has 0 bridgehead atoms. The van der Waals surface area contributed by atoms with Gasteiger partial charge in [-0.1, -0.05) is 31.9 Å². The first-order valence-corrected chi connectivity index (χ1v) is 5.96. The van der Waals surface area contributed by atoms with E-state index in [1.807, 2.05) is 6.08 Å². The SMILES string of the molecule is CCCCC=CN.O=C(O)c1cccc(C(=O)O)c1. The van der Waals surface area contributed by atoms with E-state index in [1.165, 1.54) is 31.0 Å². The molecule has 104 valence electrons. The molecule has 19 heavy (non-hydrogen) atoms. The summed E-state index contributed by atoms with van der Waals surface area (Å²) in [5, 5.41) is 17.0. The zero-order valence-corrected chi connectivity index (χ0v) is 10.9. The monoisotopic (exact) mass is 265 g/mol. The van der Waals surface area contributed by atoms with Gasteiger partial charge in [-0.15, -0.1) is 0 Å². The zero-order chi connectivity index (χ0) is 14.7. The Morgan fingerprint density at radius 1 is 1.21 bits per heavy atom. The van der Waals surface area contributed by atoms with Gasteiger partial charge in [-0.2, -0.15) is 0 Å². The van der Waals surface area contributed by atoms with Crippen LogP contribution in [-0.4, -0.2) is 22.2 Å². The normalized spacial score (nSPS) is 9.74. The minimum Gasteiger partial charge on any atom is -0.478 e. The van der Waals surface area contributed by atoms with Crippen molar-refractivity contribution in [2.75, 3.05) is 0 Å². The molecule has 0 spiro atoms. The topological polar surface area (TPSA) is 101 Å². The molecule has 1 rings (SSSR count). The summed E-state index contributed by atoms with van der Waals surface area (Å²) in [6, 6.07) is 5.20. The van der Waals surface area contributed by atoms with Gasteiger partial charge in [0.2, 0.25) is 0 Å². The third-order valence-electron chi connectivity index (χ3n) is 2.22. The molecule has 0 radical (unpaired) electrons. The van der Waals surface area contributed by atoms with Gasteiger partial charge in [0.1, 0.15) is 0 Å². The van der Waals surface area contributed by atoms with E-state index in [9.17, 15) is 9.59 Å². The molecule has 0 amide bonds. The average molecular weight is 265 g/mol. The number of aromatic carboxylic acids is 2. The highest BCUT2D eigenvalue weighted by Crippen LogP contribution is 2.04. The molecule has 1 aromatic rings. The number of nitrogens with two attached hydrogens (primary N) is 1. The summed E-state index contributed by atoms with van der Waals surface area (Å²) >= 11 is 0. The van der Waals surface area contributed by atoms with Crippen molar-refractivity contribution < 1.29 is 19.8 Å². The fourth-order valence-electron chi connectivity index (χ4n) is 1.20. The molecule has 0 aromatic heterocycles. The third-order valence-corrected chi connectivity index (χ3v) is 2.22. The quantitative estimate of drug-likeness (QED) is 0.711. The Morgan fingerprint density at radius 2 is 1.74 bits per heavy atom. The van der Waals surface area contributed by atoms with Crippen LogP contribution in [0.15, 0.2) is 36.5 Å². The Morgan fingerprint density at radius 3 is 2.11 bits per heavy atom. The van der Waals surface area contributed by atoms with Gasteiger partial charge in [-0.3, -0.25) is 0 Å². The van der Waals surface area contributed by atoms with E-state index in [2.05, 4.69) is 6.92 Å². The second kappa shape index (κ2) is 9.70. The van der Waals surface area contributed by atoms with E-state index in [0.717, 1.165) is 12.5 Å². The molecule has 1 aromatic carbocycles. The number of carbonyl (C=O) groups is 2. The lowest BCUT2D eigenvalue weighted by Gasteiger charge is -1.95. The van der Waals surface area contributed by atoms with Gasteiger partial charge >= 0.3 is 11.9 Å². The van der Waals surface area contributed by atoms with Crippen LogP contribution in [0.1, 0.15) is 46.9 Å². The molecule has 0 fully saturated rings. The van der Waals surface area contributed by atoms with Crippen LogP contribution in [0.2, 0.25) is 0 Å². The van der Waals surface area contributed by atoms with Crippen LogP contribution in [0.3, 0.4) is 0 Å². The van der Waals surface area contributed by atoms with Gasteiger partial charge in [0, 0.05) is 0 Å². The molecule has 0 saturated carbocycles. The van der Waals surface area contributed by atoms with Crippen LogP contribution in [0, 0.1) is 0 Å². The number of hydrogen-bond acceptors (Lipinski definition) is 3. The first-order chi connectivity index (χ1) is 9.02. The van der Waals surface area contributed by atoms with Crippen molar-refractivity contribution in [3.63, 3.8) is 0 Å². The molecule has 0 aliphatic carbocycles. The summed E-state index contributed by atoms with van der Waals surface area (Å²) in [6.07, 6.45) is 7.24. The Kier molecular flexibility index (Phi) is 8.53. The van der Waals surface area contributed by atoms with E-state index in [1.54, 1.807) is 6.20 Å². The number of benzene rings is 1.